The van der Waals surface area contributed by atoms with Crippen LogP contribution in [0.2, 0.25) is 0 Å². The number of ether oxygens (including phenoxy) is 1. The summed E-state index contributed by atoms with van der Waals surface area (Å²) in [6.45, 7) is 6.28. The predicted octanol–water partition coefficient (Wildman–Crippen LogP) is 2.89. The molecular formula is C15H25NO4. The Hall–Kier alpha value is -1.26. The summed E-state index contributed by atoms with van der Waals surface area (Å²) in [7, 11) is 0. The summed E-state index contributed by atoms with van der Waals surface area (Å²) in [5, 5.41) is 9.68. The number of amides is 1. The fourth-order valence-corrected chi connectivity index (χ4v) is 3.45. The molecule has 20 heavy (non-hydrogen) atoms. The first-order valence-electron chi connectivity index (χ1n) is 7.46. The van der Waals surface area contributed by atoms with Gasteiger partial charge in [0.2, 0.25) is 0 Å². The van der Waals surface area contributed by atoms with Crippen molar-refractivity contribution in [1.29, 1.82) is 0 Å². The Bertz CT molecular complexity index is 401. The van der Waals surface area contributed by atoms with Crippen molar-refractivity contribution in [2.75, 3.05) is 13.1 Å². The Morgan fingerprint density at radius 3 is 2.55 bits per heavy atom. The molecule has 0 radical (unpaired) electrons. The molecule has 1 saturated heterocycles. The van der Waals surface area contributed by atoms with Crippen LogP contribution < -0.4 is 0 Å². The van der Waals surface area contributed by atoms with Crippen molar-refractivity contribution in [2.45, 2.75) is 58.5 Å². The van der Waals surface area contributed by atoms with Crippen molar-refractivity contribution < 1.29 is 19.4 Å². The molecule has 114 valence electrons. The van der Waals surface area contributed by atoms with Crippen LogP contribution in [0.1, 0.15) is 52.9 Å². The molecule has 0 aromatic carbocycles. The minimum atomic E-state index is -0.757. The van der Waals surface area contributed by atoms with Crippen LogP contribution in [0.5, 0.6) is 0 Å². The van der Waals surface area contributed by atoms with Crippen LogP contribution in [0, 0.1) is 11.3 Å². The molecule has 1 saturated carbocycles. The number of carboxylic acids is 1. The van der Waals surface area contributed by atoms with Gasteiger partial charge in [0.05, 0.1) is 5.41 Å². The molecule has 0 aromatic rings. The molecule has 1 N–H and O–H groups in total. The SMILES string of the molecule is CC(C)(C)OC(=O)N1C[C@@H]2CCCCC[C@]2(C(=O)O)C1. The number of carboxylic acid groups (broad SMARTS) is 1. The second-order valence-corrected chi connectivity index (χ2v) is 7.12. The molecule has 1 aliphatic carbocycles. The maximum Gasteiger partial charge on any atom is 0.410 e. The second-order valence-electron chi connectivity index (χ2n) is 7.12. The lowest BCUT2D eigenvalue weighted by Gasteiger charge is -2.28. The van der Waals surface area contributed by atoms with Crippen molar-refractivity contribution in [3.63, 3.8) is 0 Å². The maximum absolute atomic E-state index is 12.2. The standard InChI is InChI=1S/C15H25NO4/c1-14(2,3)20-13(19)16-9-11-7-5-4-6-8-15(11,10-16)12(17)18/h11H,4-10H2,1-3H3,(H,17,18)/t11-,15-/m0/s1. The normalized spacial score (nSPS) is 30.6. The zero-order valence-corrected chi connectivity index (χ0v) is 12.6. The summed E-state index contributed by atoms with van der Waals surface area (Å²) >= 11 is 0. The molecular weight excluding hydrogens is 258 g/mol. The van der Waals surface area contributed by atoms with Crippen LogP contribution in [-0.2, 0) is 9.53 Å². The van der Waals surface area contributed by atoms with Crippen LogP contribution in [-0.4, -0.2) is 40.8 Å². The zero-order valence-electron chi connectivity index (χ0n) is 12.6. The van der Waals surface area contributed by atoms with E-state index in [0.29, 0.717) is 19.5 Å². The first-order chi connectivity index (χ1) is 9.24. The average Bonchev–Trinajstić information content (AvgIpc) is 2.56. The summed E-state index contributed by atoms with van der Waals surface area (Å²) in [5.74, 6) is -0.689. The summed E-state index contributed by atoms with van der Waals surface area (Å²) in [6, 6.07) is 0. The molecule has 2 aliphatic rings. The van der Waals surface area contributed by atoms with Gasteiger partial charge in [-0.3, -0.25) is 4.79 Å². The Labute approximate surface area is 120 Å². The largest absolute Gasteiger partial charge is 0.481 e. The fourth-order valence-electron chi connectivity index (χ4n) is 3.45. The van der Waals surface area contributed by atoms with Crippen molar-refractivity contribution in [1.82, 2.24) is 4.90 Å². The number of aliphatic carboxylic acids is 1. The number of hydrogen-bond donors (Lipinski definition) is 1. The molecule has 2 rings (SSSR count). The minimum absolute atomic E-state index is 0.0648. The summed E-state index contributed by atoms with van der Waals surface area (Å²) in [4.78, 5) is 25.5. The minimum Gasteiger partial charge on any atom is -0.481 e. The Morgan fingerprint density at radius 1 is 1.25 bits per heavy atom. The lowest BCUT2D eigenvalue weighted by atomic mass is 9.74. The molecule has 0 spiro atoms. The first-order valence-corrected chi connectivity index (χ1v) is 7.46. The van der Waals surface area contributed by atoms with E-state index in [1.165, 1.54) is 0 Å². The van der Waals surface area contributed by atoms with Crippen LogP contribution >= 0.6 is 0 Å². The van der Waals surface area contributed by atoms with Crippen LogP contribution in [0.3, 0.4) is 0 Å². The van der Waals surface area contributed by atoms with Gasteiger partial charge in [0.25, 0.3) is 0 Å². The molecule has 0 aromatic heterocycles. The van der Waals surface area contributed by atoms with Gasteiger partial charge in [-0.15, -0.1) is 0 Å². The van der Waals surface area contributed by atoms with E-state index in [4.69, 9.17) is 4.74 Å². The monoisotopic (exact) mass is 283 g/mol. The van der Waals surface area contributed by atoms with Gasteiger partial charge >= 0.3 is 12.1 Å². The summed E-state index contributed by atoms with van der Waals surface area (Å²) < 4.78 is 5.38. The fraction of sp³-hybridized carbons (Fsp3) is 0.867. The van der Waals surface area contributed by atoms with E-state index in [-0.39, 0.29) is 12.0 Å². The number of carbonyl (C=O) groups is 2. The third-order valence-corrected chi connectivity index (χ3v) is 4.45. The lowest BCUT2D eigenvalue weighted by molar-refractivity contribution is -0.151. The smallest absolute Gasteiger partial charge is 0.410 e. The highest BCUT2D eigenvalue weighted by Gasteiger charge is 2.53. The number of nitrogens with zero attached hydrogens (tertiary/aromatic N) is 1. The quantitative estimate of drug-likeness (QED) is 0.803. The van der Waals surface area contributed by atoms with Gasteiger partial charge in [0, 0.05) is 13.1 Å². The first kappa shape index (κ1) is 15.1. The third kappa shape index (κ3) is 2.91. The van der Waals surface area contributed by atoms with Crippen molar-refractivity contribution in [3.8, 4) is 0 Å². The van der Waals surface area contributed by atoms with E-state index < -0.39 is 17.0 Å². The van der Waals surface area contributed by atoms with Gasteiger partial charge in [0.1, 0.15) is 5.60 Å². The van der Waals surface area contributed by atoms with E-state index in [9.17, 15) is 14.7 Å². The van der Waals surface area contributed by atoms with Gasteiger partial charge in [0.15, 0.2) is 0 Å². The molecule has 5 nitrogen and oxygen atoms in total. The van der Waals surface area contributed by atoms with E-state index in [1.807, 2.05) is 20.8 Å². The third-order valence-electron chi connectivity index (χ3n) is 4.45. The number of hydrogen-bond acceptors (Lipinski definition) is 3. The Morgan fingerprint density at radius 2 is 1.95 bits per heavy atom. The Kier molecular flexibility index (Phi) is 3.98. The Balaban J connectivity index is 2.14. The highest BCUT2D eigenvalue weighted by atomic mass is 16.6. The average molecular weight is 283 g/mol. The van der Waals surface area contributed by atoms with E-state index in [2.05, 4.69) is 0 Å². The van der Waals surface area contributed by atoms with Gasteiger partial charge in [-0.05, 0) is 39.5 Å². The zero-order chi connectivity index (χ0) is 15.0. The highest BCUT2D eigenvalue weighted by molar-refractivity contribution is 5.78. The van der Waals surface area contributed by atoms with Gasteiger partial charge in [-0.2, -0.15) is 0 Å². The molecule has 2 atom stereocenters. The second kappa shape index (κ2) is 5.26. The van der Waals surface area contributed by atoms with Gasteiger partial charge < -0.3 is 14.7 Å². The summed E-state index contributed by atoms with van der Waals surface area (Å²) in [6.07, 6.45) is 4.27. The van der Waals surface area contributed by atoms with Crippen LogP contribution in [0.4, 0.5) is 4.79 Å². The topological polar surface area (TPSA) is 66.8 Å². The van der Waals surface area contributed by atoms with Crippen molar-refractivity contribution in [2.24, 2.45) is 11.3 Å². The summed E-state index contributed by atoms with van der Waals surface area (Å²) in [5.41, 5.74) is -1.30. The number of rotatable bonds is 1. The molecule has 1 aliphatic heterocycles. The molecule has 1 amide bonds. The van der Waals surface area contributed by atoms with Crippen molar-refractivity contribution in [3.05, 3.63) is 0 Å². The van der Waals surface area contributed by atoms with Gasteiger partial charge in [-0.1, -0.05) is 19.3 Å². The molecule has 2 fully saturated rings. The molecule has 0 bridgehead atoms. The van der Waals surface area contributed by atoms with Crippen LogP contribution in [0.25, 0.3) is 0 Å². The lowest BCUT2D eigenvalue weighted by Crippen LogP contribution is -2.40. The van der Waals surface area contributed by atoms with Crippen molar-refractivity contribution >= 4 is 12.1 Å². The van der Waals surface area contributed by atoms with Gasteiger partial charge in [-0.25, -0.2) is 4.79 Å². The predicted molar refractivity (Wildman–Crippen MR) is 74.5 cm³/mol. The molecule has 0 unspecified atom stereocenters. The number of carbonyl (C=O) groups excluding carboxylic acids is 1. The van der Waals surface area contributed by atoms with E-state index in [1.54, 1.807) is 4.90 Å². The molecule has 1 heterocycles. The maximum atomic E-state index is 12.2. The number of fused-ring (bicyclic) bond motifs is 1. The van der Waals surface area contributed by atoms with Crippen LogP contribution in [0.15, 0.2) is 0 Å². The highest BCUT2D eigenvalue weighted by Crippen LogP contribution is 2.46. The molecule has 5 heteroatoms. The number of likely N-dealkylation sites (tertiary alicyclic amines) is 1. The van der Waals surface area contributed by atoms with E-state index in [0.717, 1.165) is 25.7 Å². The van der Waals surface area contributed by atoms with E-state index >= 15 is 0 Å².